The number of aromatic carboxylic acids is 1. The summed E-state index contributed by atoms with van der Waals surface area (Å²) in [4.78, 5) is 28.4. The van der Waals surface area contributed by atoms with E-state index in [-0.39, 0.29) is 40.1 Å². The summed E-state index contributed by atoms with van der Waals surface area (Å²) < 4.78 is 28.7. The molecule has 2 aliphatic rings. The number of sulfonamides is 1. The second-order valence-corrected chi connectivity index (χ2v) is 14.9. The van der Waals surface area contributed by atoms with Gasteiger partial charge < -0.3 is 10.0 Å². The highest BCUT2D eigenvalue weighted by atomic mass is 32.2. The predicted octanol–water partition coefficient (Wildman–Crippen LogP) is 5.95. The Kier molecular flexibility index (Phi) is 8.60. The molecule has 4 rings (SSSR count). The number of carboxylic acid groups (broad SMARTS) is 1. The van der Waals surface area contributed by atoms with Gasteiger partial charge in [-0.2, -0.15) is 4.31 Å². The van der Waals surface area contributed by atoms with E-state index in [1.165, 1.54) is 4.31 Å². The van der Waals surface area contributed by atoms with E-state index in [2.05, 4.69) is 11.8 Å². The number of carbonyl (C=O) groups excluding carboxylic acids is 1. The molecule has 1 amide bonds. The van der Waals surface area contributed by atoms with Crippen LogP contribution in [0.2, 0.25) is 0 Å². The van der Waals surface area contributed by atoms with Gasteiger partial charge in [0.25, 0.3) is 0 Å². The monoisotopic (exact) mass is 570 g/mol. The molecule has 210 valence electrons. The fourth-order valence-corrected chi connectivity index (χ4v) is 7.59. The van der Waals surface area contributed by atoms with Crippen molar-refractivity contribution in [3.05, 3.63) is 45.6 Å². The minimum atomic E-state index is -3.91. The Bertz CT molecular complexity index is 1390. The molecule has 39 heavy (non-hydrogen) atoms. The summed E-state index contributed by atoms with van der Waals surface area (Å²) in [6, 6.07) is 8.09. The third-order valence-electron chi connectivity index (χ3n) is 7.41. The van der Waals surface area contributed by atoms with Crippen LogP contribution in [-0.4, -0.2) is 48.8 Å². The van der Waals surface area contributed by atoms with Gasteiger partial charge in [0, 0.05) is 12.0 Å². The van der Waals surface area contributed by atoms with Crippen LogP contribution in [0.25, 0.3) is 0 Å². The number of thiophene rings is 1. The van der Waals surface area contributed by atoms with Crippen molar-refractivity contribution in [2.24, 2.45) is 11.3 Å². The summed E-state index contributed by atoms with van der Waals surface area (Å²) in [5, 5.41) is 10.0. The summed E-state index contributed by atoms with van der Waals surface area (Å²) in [6.45, 7) is 9.82. The minimum absolute atomic E-state index is 0.0583. The van der Waals surface area contributed by atoms with Gasteiger partial charge in [-0.05, 0) is 69.2 Å². The molecule has 0 spiro atoms. The van der Waals surface area contributed by atoms with Gasteiger partial charge in [-0.3, -0.25) is 4.79 Å². The third kappa shape index (κ3) is 6.56. The summed E-state index contributed by atoms with van der Waals surface area (Å²) >= 11 is 1.06. The van der Waals surface area contributed by atoms with E-state index in [0.29, 0.717) is 10.6 Å². The SMILES string of the molecule is CC(C)c1ccc(S(=O)(=O)N2CC(=O)N(c3cc(C#CC(C)(C)C)sc3C(=O)O)C(C3CCCCC3)C2)cc1. The van der Waals surface area contributed by atoms with Crippen LogP contribution < -0.4 is 4.90 Å². The number of nitrogens with zero attached hydrogens (tertiary/aromatic N) is 2. The van der Waals surface area contributed by atoms with Crippen molar-refractivity contribution in [1.29, 1.82) is 0 Å². The quantitative estimate of drug-likeness (QED) is 0.433. The standard InChI is InChI=1S/C30H38N2O5S2/c1-20(2)21-11-13-24(14-12-21)39(36,37)31-18-26(22-9-7-6-8-10-22)32(27(33)19-31)25-17-23(15-16-30(3,4)5)38-28(25)29(34)35/h11-14,17,20,22,26H,6-10,18-19H2,1-5H3,(H,34,35). The highest BCUT2D eigenvalue weighted by molar-refractivity contribution is 7.89. The lowest BCUT2D eigenvalue weighted by Gasteiger charge is -2.44. The Morgan fingerprint density at radius 3 is 2.31 bits per heavy atom. The molecular formula is C30H38N2O5S2. The van der Waals surface area contributed by atoms with Crippen molar-refractivity contribution < 1.29 is 23.1 Å². The molecule has 1 aromatic carbocycles. The predicted molar refractivity (Wildman–Crippen MR) is 155 cm³/mol. The van der Waals surface area contributed by atoms with E-state index in [4.69, 9.17) is 0 Å². The molecule has 1 saturated carbocycles. The van der Waals surface area contributed by atoms with Crippen molar-refractivity contribution in [1.82, 2.24) is 4.31 Å². The molecule has 2 heterocycles. The molecule has 1 atom stereocenters. The molecule has 9 heteroatoms. The largest absolute Gasteiger partial charge is 0.477 e. The van der Waals surface area contributed by atoms with Crippen LogP contribution in [0.15, 0.2) is 35.2 Å². The zero-order chi connectivity index (χ0) is 28.5. The maximum atomic E-state index is 13.8. The summed E-state index contributed by atoms with van der Waals surface area (Å²) in [5.41, 5.74) is 1.10. The van der Waals surface area contributed by atoms with Crippen LogP contribution in [0.1, 0.15) is 92.8 Å². The number of benzene rings is 1. The first-order chi connectivity index (χ1) is 18.3. The molecule has 7 nitrogen and oxygen atoms in total. The van der Waals surface area contributed by atoms with Gasteiger partial charge >= 0.3 is 5.97 Å². The molecular weight excluding hydrogens is 532 g/mol. The summed E-state index contributed by atoms with van der Waals surface area (Å²) in [5.74, 6) is 5.04. The Morgan fingerprint density at radius 2 is 1.74 bits per heavy atom. The lowest BCUT2D eigenvalue weighted by atomic mass is 9.82. The number of rotatable bonds is 6. The number of anilines is 1. The van der Waals surface area contributed by atoms with E-state index in [1.807, 2.05) is 46.8 Å². The van der Waals surface area contributed by atoms with Gasteiger partial charge in [0.15, 0.2) is 0 Å². The van der Waals surface area contributed by atoms with Gasteiger partial charge in [-0.25, -0.2) is 13.2 Å². The molecule has 1 aliphatic carbocycles. The number of carbonyl (C=O) groups is 2. The molecule has 2 aromatic rings. The number of hydrogen-bond donors (Lipinski definition) is 1. The second kappa shape index (κ2) is 11.4. The van der Waals surface area contributed by atoms with E-state index in [1.54, 1.807) is 23.1 Å². The summed E-state index contributed by atoms with van der Waals surface area (Å²) in [7, 11) is -3.91. The Hall–Kier alpha value is -2.67. The van der Waals surface area contributed by atoms with Crippen LogP contribution in [-0.2, 0) is 14.8 Å². The smallest absolute Gasteiger partial charge is 0.348 e. The second-order valence-electron chi connectivity index (χ2n) is 11.9. The Morgan fingerprint density at radius 1 is 1.10 bits per heavy atom. The lowest BCUT2D eigenvalue weighted by molar-refractivity contribution is -0.121. The minimum Gasteiger partial charge on any atom is -0.477 e. The normalized spacial score (nSPS) is 19.7. The molecule has 2 fully saturated rings. The molecule has 0 bridgehead atoms. The van der Waals surface area contributed by atoms with Gasteiger partial charge in [0.1, 0.15) is 4.88 Å². The number of piperazine rings is 1. The van der Waals surface area contributed by atoms with Crippen molar-refractivity contribution in [3.63, 3.8) is 0 Å². The Balaban J connectivity index is 1.73. The summed E-state index contributed by atoms with van der Waals surface area (Å²) in [6.07, 6.45) is 4.85. The highest BCUT2D eigenvalue weighted by Crippen LogP contribution is 2.39. The van der Waals surface area contributed by atoms with Gasteiger partial charge in [0.05, 0.1) is 28.0 Å². The average Bonchev–Trinajstić information content (AvgIpc) is 3.31. The van der Waals surface area contributed by atoms with Crippen molar-refractivity contribution in [3.8, 4) is 11.8 Å². The topological polar surface area (TPSA) is 95.0 Å². The van der Waals surface area contributed by atoms with Crippen LogP contribution in [0.3, 0.4) is 0 Å². The first kappa shape index (κ1) is 29.3. The molecule has 0 radical (unpaired) electrons. The first-order valence-electron chi connectivity index (χ1n) is 13.6. The highest BCUT2D eigenvalue weighted by Gasteiger charge is 2.44. The van der Waals surface area contributed by atoms with Crippen LogP contribution >= 0.6 is 11.3 Å². The van der Waals surface area contributed by atoms with Crippen LogP contribution in [0.4, 0.5) is 5.69 Å². The lowest BCUT2D eigenvalue weighted by Crippen LogP contribution is -2.60. The molecule has 1 N–H and O–H groups in total. The number of amides is 1. The third-order valence-corrected chi connectivity index (χ3v) is 10.3. The van der Waals surface area contributed by atoms with Gasteiger partial charge in [0.2, 0.25) is 15.9 Å². The van der Waals surface area contributed by atoms with Crippen molar-refractivity contribution >= 4 is 38.9 Å². The van der Waals surface area contributed by atoms with Crippen molar-refractivity contribution in [2.75, 3.05) is 18.0 Å². The van der Waals surface area contributed by atoms with Crippen LogP contribution in [0, 0.1) is 23.2 Å². The van der Waals surface area contributed by atoms with Crippen molar-refractivity contribution in [2.45, 2.75) is 83.6 Å². The fraction of sp³-hybridized carbons (Fsp3) is 0.533. The van der Waals surface area contributed by atoms with E-state index in [9.17, 15) is 23.1 Å². The van der Waals surface area contributed by atoms with E-state index < -0.39 is 27.9 Å². The molecule has 1 aromatic heterocycles. The first-order valence-corrected chi connectivity index (χ1v) is 15.9. The zero-order valence-corrected chi connectivity index (χ0v) is 25.0. The fourth-order valence-electron chi connectivity index (χ4n) is 5.34. The van der Waals surface area contributed by atoms with E-state index >= 15 is 0 Å². The molecule has 1 aliphatic heterocycles. The van der Waals surface area contributed by atoms with Crippen LogP contribution in [0.5, 0.6) is 0 Å². The van der Waals surface area contributed by atoms with Gasteiger partial charge in [-0.1, -0.05) is 57.1 Å². The van der Waals surface area contributed by atoms with Gasteiger partial charge in [-0.15, -0.1) is 11.3 Å². The maximum absolute atomic E-state index is 13.8. The number of carboxylic acids is 1. The zero-order valence-electron chi connectivity index (χ0n) is 23.4. The maximum Gasteiger partial charge on any atom is 0.348 e. The van der Waals surface area contributed by atoms with E-state index in [0.717, 1.165) is 49.0 Å². The Labute approximate surface area is 236 Å². The molecule has 1 saturated heterocycles. The average molecular weight is 571 g/mol. The number of hydrogen-bond acceptors (Lipinski definition) is 5. The molecule has 1 unspecified atom stereocenters.